The maximum atomic E-state index is 13.4. The molecule has 0 aliphatic carbocycles. The molecule has 32 heavy (non-hydrogen) atoms. The van der Waals surface area contributed by atoms with Crippen molar-refractivity contribution < 1.29 is 13.9 Å². The number of rotatable bonds is 7. The number of anilines is 2. The first-order chi connectivity index (χ1) is 15.5. The Morgan fingerprint density at radius 3 is 2.78 bits per heavy atom. The molecule has 1 aromatic heterocycles. The van der Waals surface area contributed by atoms with Gasteiger partial charge >= 0.3 is 5.63 Å². The molecule has 0 saturated carbocycles. The number of amides is 1. The number of hydrogen-bond acceptors (Lipinski definition) is 5. The zero-order chi connectivity index (χ0) is 22.7. The Bertz CT molecular complexity index is 1180. The summed E-state index contributed by atoms with van der Waals surface area (Å²) >= 11 is 0. The molecule has 4 rings (SSSR count). The first-order valence-corrected chi connectivity index (χ1v) is 11.4. The van der Waals surface area contributed by atoms with Crippen molar-refractivity contribution in [3.8, 4) is 5.75 Å². The molecule has 0 atom stereocenters. The van der Waals surface area contributed by atoms with Crippen LogP contribution in [0.5, 0.6) is 5.75 Å². The van der Waals surface area contributed by atoms with Gasteiger partial charge in [0.25, 0.3) is 0 Å². The van der Waals surface area contributed by atoms with E-state index in [4.69, 9.17) is 9.15 Å². The minimum atomic E-state index is -0.457. The van der Waals surface area contributed by atoms with E-state index >= 15 is 0 Å². The molecule has 3 aromatic rings. The molecule has 0 radical (unpaired) electrons. The topological polar surface area (TPSA) is 63.0 Å². The van der Waals surface area contributed by atoms with Gasteiger partial charge in [-0.3, -0.25) is 4.79 Å². The van der Waals surface area contributed by atoms with Crippen LogP contribution in [0.3, 0.4) is 0 Å². The lowest BCUT2D eigenvalue weighted by atomic mass is 9.98. The molecule has 6 nitrogen and oxygen atoms in total. The second kappa shape index (κ2) is 9.47. The van der Waals surface area contributed by atoms with Crippen molar-refractivity contribution in [2.24, 2.45) is 0 Å². The van der Waals surface area contributed by atoms with E-state index in [1.165, 1.54) is 0 Å². The second-order valence-corrected chi connectivity index (χ2v) is 8.23. The number of fused-ring (bicyclic) bond motifs is 3. The number of nitrogens with zero attached hydrogens (tertiary/aromatic N) is 2. The van der Waals surface area contributed by atoms with Crippen molar-refractivity contribution in [2.75, 3.05) is 36.0 Å². The van der Waals surface area contributed by atoms with Gasteiger partial charge in [-0.1, -0.05) is 19.1 Å². The Balaban J connectivity index is 1.68. The third-order valence-electron chi connectivity index (χ3n) is 5.88. The van der Waals surface area contributed by atoms with Gasteiger partial charge in [-0.2, -0.15) is 0 Å². The average molecular weight is 435 g/mol. The van der Waals surface area contributed by atoms with Crippen LogP contribution < -0.4 is 20.2 Å². The lowest BCUT2D eigenvalue weighted by Crippen LogP contribution is -2.45. The molecular weight excluding hydrogens is 404 g/mol. The lowest BCUT2D eigenvalue weighted by Gasteiger charge is -2.31. The third-order valence-corrected chi connectivity index (χ3v) is 5.88. The van der Waals surface area contributed by atoms with E-state index in [1.54, 1.807) is 11.0 Å². The largest absolute Gasteiger partial charge is 0.494 e. The number of ether oxygens (including phenoxy) is 1. The molecule has 0 N–H and O–H groups in total. The summed E-state index contributed by atoms with van der Waals surface area (Å²) in [5.74, 6) is 0.648. The van der Waals surface area contributed by atoms with Crippen molar-refractivity contribution in [1.29, 1.82) is 0 Å². The van der Waals surface area contributed by atoms with Crippen LogP contribution in [0.25, 0.3) is 11.0 Å². The fourth-order valence-corrected chi connectivity index (χ4v) is 4.30. The van der Waals surface area contributed by atoms with Gasteiger partial charge in [-0.25, -0.2) is 4.79 Å². The van der Waals surface area contributed by atoms with Gasteiger partial charge in [0.2, 0.25) is 5.91 Å². The van der Waals surface area contributed by atoms with Crippen molar-refractivity contribution >= 4 is 28.3 Å². The standard InChI is InChI=1S/C26H30N2O4/c1-4-14-31-20-11-12-23-22(16-20)21-10-7-13-28(25(21)26(30)32-23)24(29)17-27(5-2)19-9-6-8-18(3)15-19/h6,8-9,11-12,15-16H,4-5,7,10,13-14,17H2,1-3H3. The predicted octanol–water partition coefficient (Wildman–Crippen LogP) is 4.70. The zero-order valence-electron chi connectivity index (χ0n) is 19.0. The van der Waals surface area contributed by atoms with E-state index in [1.807, 2.05) is 49.1 Å². The maximum Gasteiger partial charge on any atom is 0.360 e. The summed E-state index contributed by atoms with van der Waals surface area (Å²) in [6.45, 7) is 8.16. The van der Waals surface area contributed by atoms with Gasteiger partial charge in [-0.05, 0) is 74.6 Å². The molecule has 2 aromatic carbocycles. The molecule has 0 saturated heterocycles. The average Bonchev–Trinajstić information content (AvgIpc) is 2.81. The number of benzene rings is 2. The van der Waals surface area contributed by atoms with Crippen LogP contribution in [0, 0.1) is 6.92 Å². The highest BCUT2D eigenvalue weighted by Crippen LogP contribution is 2.33. The molecule has 1 amide bonds. The molecule has 1 aliphatic heterocycles. The molecule has 0 bridgehead atoms. The van der Waals surface area contributed by atoms with Crippen LogP contribution in [0.1, 0.15) is 37.8 Å². The fourth-order valence-electron chi connectivity index (χ4n) is 4.30. The SMILES string of the molecule is CCCOc1ccc2oc(=O)c3c(c2c1)CCCN3C(=O)CN(CC)c1cccc(C)c1. The van der Waals surface area contributed by atoms with Crippen LogP contribution in [0.15, 0.2) is 51.7 Å². The Morgan fingerprint density at radius 2 is 2.03 bits per heavy atom. The number of carbonyl (C=O) groups excluding carboxylic acids is 1. The Kier molecular flexibility index (Phi) is 6.49. The smallest absolute Gasteiger partial charge is 0.360 e. The zero-order valence-corrected chi connectivity index (χ0v) is 19.0. The Hall–Kier alpha value is -3.28. The van der Waals surface area contributed by atoms with E-state index in [2.05, 4.69) is 13.0 Å². The highest BCUT2D eigenvalue weighted by molar-refractivity contribution is 6.00. The number of hydrogen-bond donors (Lipinski definition) is 0. The Morgan fingerprint density at radius 1 is 1.19 bits per heavy atom. The van der Waals surface area contributed by atoms with Gasteiger partial charge < -0.3 is 19.0 Å². The summed E-state index contributed by atoms with van der Waals surface area (Å²) in [6.07, 6.45) is 2.44. The van der Waals surface area contributed by atoms with Gasteiger partial charge in [0.1, 0.15) is 17.0 Å². The van der Waals surface area contributed by atoms with E-state index in [0.29, 0.717) is 31.0 Å². The van der Waals surface area contributed by atoms with Crippen LogP contribution in [-0.4, -0.2) is 32.1 Å². The molecule has 1 aliphatic rings. The van der Waals surface area contributed by atoms with Crippen LogP contribution in [0.2, 0.25) is 0 Å². The molecule has 6 heteroatoms. The van der Waals surface area contributed by atoms with Crippen molar-refractivity contribution in [3.63, 3.8) is 0 Å². The highest BCUT2D eigenvalue weighted by atomic mass is 16.5. The highest BCUT2D eigenvalue weighted by Gasteiger charge is 2.29. The third kappa shape index (κ3) is 4.35. The number of aryl methyl sites for hydroxylation is 2. The first-order valence-electron chi connectivity index (χ1n) is 11.4. The quantitative estimate of drug-likeness (QED) is 0.505. The minimum Gasteiger partial charge on any atom is -0.494 e. The molecule has 168 valence electrons. The summed E-state index contributed by atoms with van der Waals surface area (Å²) in [7, 11) is 0. The summed E-state index contributed by atoms with van der Waals surface area (Å²) in [5.41, 5.74) is 3.47. The minimum absolute atomic E-state index is 0.0978. The second-order valence-electron chi connectivity index (χ2n) is 8.23. The molecular formula is C26H30N2O4. The van der Waals surface area contributed by atoms with Crippen LogP contribution in [0.4, 0.5) is 11.4 Å². The number of carbonyl (C=O) groups is 1. The van der Waals surface area contributed by atoms with Gasteiger partial charge in [0.15, 0.2) is 0 Å². The maximum absolute atomic E-state index is 13.4. The van der Waals surface area contributed by atoms with Crippen LogP contribution in [-0.2, 0) is 11.2 Å². The normalized spacial score (nSPS) is 13.2. The predicted molar refractivity (Wildman–Crippen MR) is 128 cm³/mol. The van der Waals surface area contributed by atoms with Crippen molar-refractivity contribution in [1.82, 2.24) is 0 Å². The van der Waals surface area contributed by atoms with Gasteiger partial charge in [-0.15, -0.1) is 0 Å². The monoisotopic (exact) mass is 434 g/mol. The molecule has 0 spiro atoms. The lowest BCUT2D eigenvalue weighted by molar-refractivity contribution is -0.117. The first kappa shape index (κ1) is 21.9. The number of likely N-dealkylation sites (N-methyl/N-ethyl adjacent to an activating group) is 1. The van der Waals surface area contributed by atoms with Gasteiger partial charge in [0.05, 0.1) is 13.2 Å². The molecule has 2 heterocycles. The molecule has 0 fully saturated rings. The summed E-state index contributed by atoms with van der Waals surface area (Å²) in [6, 6.07) is 13.6. The summed E-state index contributed by atoms with van der Waals surface area (Å²) < 4.78 is 11.4. The van der Waals surface area contributed by atoms with E-state index < -0.39 is 5.63 Å². The van der Waals surface area contributed by atoms with E-state index in [-0.39, 0.29) is 12.5 Å². The molecule has 0 unspecified atom stereocenters. The van der Waals surface area contributed by atoms with Crippen LogP contribution >= 0.6 is 0 Å². The van der Waals surface area contributed by atoms with Crippen molar-refractivity contribution in [3.05, 3.63) is 64.0 Å². The van der Waals surface area contributed by atoms with E-state index in [0.717, 1.165) is 47.2 Å². The van der Waals surface area contributed by atoms with E-state index in [9.17, 15) is 9.59 Å². The fraction of sp³-hybridized carbons (Fsp3) is 0.385. The summed E-state index contributed by atoms with van der Waals surface area (Å²) in [5, 5.41) is 0.844. The summed E-state index contributed by atoms with van der Waals surface area (Å²) in [4.78, 5) is 29.9. The van der Waals surface area contributed by atoms with Gasteiger partial charge in [0, 0.05) is 24.2 Å². The Labute approximate surface area is 188 Å². The van der Waals surface area contributed by atoms with Crippen molar-refractivity contribution in [2.45, 2.75) is 40.0 Å².